The Labute approximate surface area is 117 Å². The van der Waals surface area contributed by atoms with E-state index in [1.54, 1.807) is 30.3 Å². The van der Waals surface area contributed by atoms with Crippen LogP contribution in [0.15, 0.2) is 53.4 Å². The molecule has 2 aromatic rings. The monoisotopic (exact) mass is 296 g/mol. The molecule has 0 bridgehead atoms. The molecule has 1 unspecified atom stereocenters. The molecule has 2 rings (SSSR count). The van der Waals surface area contributed by atoms with Crippen LogP contribution in [-0.2, 0) is 10.8 Å². The molecule has 0 amide bonds. The standard InChI is InChI=1S/C14H10ClFO2S/c15-12-8-11(6-7-13(12)16)19(18)9-14(17)10-4-2-1-3-5-10/h1-8H,9H2. The van der Waals surface area contributed by atoms with Crippen LogP contribution < -0.4 is 0 Å². The van der Waals surface area contributed by atoms with Gasteiger partial charge in [0, 0.05) is 10.5 Å². The second-order valence-corrected chi connectivity index (χ2v) is 5.71. The number of carbonyl (C=O) groups is 1. The van der Waals surface area contributed by atoms with E-state index in [1.807, 2.05) is 0 Å². The third-order valence-electron chi connectivity index (χ3n) is 2.51. The highest BCUT2D eigenvalue weighted by atomic mass is 35.5. The predicted molar refractivity (Wildman–Crippen MR) is 73.5 cm³/mol. The number of Topliss-reactive ketones (excluding diaryl/α,β-unsaturated/α-hetero) is 1. The lowest BCUT2D eigenvalue weighted by Crippen LogP contribution is -2.11. The Morgan fingerprint density at radius 1 is 1.16 bits per heavy atom. The molecule has 0 radical (unpaired) electrons. The van der Waals surface area contributed by atoms with Crippen molar-refractivity contribution >= 4 is 28.2 Å². The summed E-state index contributed by atoms with van der Waals surface area (Å²) >= 11 is 5.62. The van der Waals surface area contributed by atoms with Crippen molar-refractivity contribution in [1.29, 1.82) is 0 Å². The first kappa shape index (κ1) is 13.9. The maximum Gasteiger partial charge on any atom is 0.175 e. The van der Waals surface area contributed by atoms with Crippen LogP contribution in [0.5, 0.6) is 0 Å². The highest BCUT2D eigenvalue weighted by Gasteiger charge is 2.13. The number of benzene rings is 2. The molecule has 5 heteroatoms. The van der Waals surface area contributed by atoms with E-state index in [0.717, 1.165) is 6.07 Å². The van der Waals surface area contributed by atoms with Gasteiger partial charge in [-0.05, 0) is 18.2 Å². The van der Waals surface area contributed by atoms with Crippen LogP contribution in [0.4, 0.5) is 4.39 Å². The molecule has 0 aromatic heterocycles. The highest BCUT2D eigenvalue weighted by molar-refractivity contribution is 7.85. The quantitative estimate of drug-likeness (QED) is 0.810. The molecule has 0 aliphatic rings. The molecule has 0 saturated heterocycles. The normalized spacial score (nSPS) is 12.1. The van der Waals surface area contributed by atoms with E-state index in [1.165, 1.54) is 12.1 Å². The van der Waals surface area contributed by atoms with E-state index >= 15 is 0 Å². The smallest absolute Gasteiger partial charge is 0.175 e. The summed E-state index contributed by atoms with van der Waals surface area (Å²) in [6.07, 6.45) is 0. The summed E-state index contributed by atoms with van der Waals surface area (Å²) in [5, 5.41) is -0.0991. The number of rotatable bonds is 4. The number of hydrogen-bond acceptors (Lipinski definition) is 2. The third-order valence-corrected chi connectivity index (χ3v) is 4.11. The Kier molecular flexibility index (Phi) is 4.45. The molecule has 2 nitrogen and oxygen atoms in total. The van der Waals surface area contributed by atoms with Gasteiger partial charge in [0.05, 0.1) is 21.6 Å². The van der Waals surface area contributed by atoms with Crippen LogP contribution >= 0.6 is 11.6 Å². The fraction of sp³-hybridized carbons (Fsp3) is 0.0714. The van der Waals surface area contributed by atoms with Gasteiger partial charge in [-0.2, -0.15) is 0 Å². The predicted octanol–water partition coefficient (Wildman–Crippen LogP) is 3.47. The van der Waals surface area contributed by atoms with E-state index in [0.29, 0.717) is 10.5 Å². The lowest BCUT2D eigenvalue weighted by molar-refractivity contribution is 0.102. The molecule has 1 atom stereocenters. The largest absolute Gasteiger partial charge is 0.293 e. The summed E-state index contributed by atoms with van der Waals surface area (Å²) in [6, 6.07) is 12.4. The van der Waals surface area contributed by atoms with E-state index in [2.05, 4.69) is 0 Å². The zero-order valence-corrected chi connectivity index (χ0v) is 11.4. The van der Waals surface area contributed by atoms with Gasteiger partial charge in [0.15, 0.2) is 5.78 Å². The Bertz CT molecular complexity index is 629. The zero-order chi connectivity index (χ0) is 13.8. The maximum atomic E-state index is 13.0. The Balaban J connectivity index is 2.13. The van der Waals surface area contributed by atoms with Crippen molar-refractivity contribution in [2.45, 2.75) is 4.90 Å². The van der Waals surface area contributed by atoms with E-state index in [-0.39, 0.29) is 16.6 Å². The first-order valence-electron chi connectivity index (χ1n) is 5.49. The molecule has 0 spiro atoms. The third kappa shape index (κ3) is 3.49. The first-order chi connectivity index (χ1) is 9.08. The van der Waals surface area contributed by atoms with Crippen LogP contribution in [0, 0.1) is 5.82 Å². The van der Waals surface area contributed by atoms with Crippen molar-refractivity contribution < 1.29 is 13.4 Å². The van der Waals surface area contributed by atoms with Crippen LogP contribution in [0.1, 0.15) is 10.4 Å². The molecule has 0 aliphatic carbocycles. The lowest BCUT2D eigenvalue weighted by Gasteiger charge is -2.03. The van der Waals surface area contributed by atoms with E-state index < -0.39 is 16.6 Å². The van der Waals surface area contributed by atoms with E-state index in [9.17, 15) is 13.4 Å². The average molecular weight is 297 g/mol. The first-order valence-corrected chi connectivity index (χ1v) is 7.19. The van der Waals surface area contributed by atoms with Crippen molar-refractivity contribution in [2.75, 3.05) is 5.75 Å². The molecular formula is C14H10ClFO2S. The van der Waals surface area contributed by atoms with Gasteiger partial charge in [-0.25, -0.2) is 4.39 Å². The summed E-state index contributed by atoms with van der Waals surface area (Å²) in [4.78, 5) is 12.2. The molecule has 2 aromatic carbocycles. The Hall–Kier alpha value is -1.52. The molecule has 0 aliphatic heterocycles. The minimum atomic E-state index is -1.53. The van der Waals surface area contributed by atoms with Crippen molar-refractivity contribution in [3.05, 3.63) is 64.9 Å². The highest BCUT2D eigenvalue weighted by Crippen LogP contribution is 2.19. The van der Waals surface area contributed by atoms with Crippen molar-refractivity contribution in [3.8, 4) is 0 Å². The number of halogens is 2. The van der Waals surface area contributed by atoms with Gasteiger partial charge in [0.1, 0.15) is 5.82 Å². The summed E-state index contributed by atoms with van der Waals surface area (Å²) < 4.78 is 25.0. The fourth-order valence-corrected chi connectivity index (χ4v) is 2.81. The average Bonchev–Trinajstić information content (AvgIpc) is 2.42. The Morgan fingerprint density at radius 3 is 2.47 bits per heavy atom. The molecule has 0 saturated carbocycles. The number of ketones is 1. The maximum absolute atomic E-state index is 13.0. The SMILES string of the molecule is O=C(CS(=O)c1ccc(F)c(Cl)c1)c1ccccc1. The van der Waals surface area contributed by atoms with Gasteiger partial charge in [0.2, 0.25) is 0 Å². The van der Waals surface area contributed by atoms with Gasteiger partial charge in [-0.3, -0.25) is 9.00 Å². The van der Waals surface area contributed by atoms with Gasteiger partial charge in [-0.15, -0.1) is 0 Å². The van der Waals surface area contributed by atoms with Crippen molar-refractivity contribution in [1.82, 2.24) is 0 Å². The van der Waals surface area contributed by atoms with E-state index in [4.69, 9.17) is 11.6 Å². The second kappa shape index (κ2) is 6.08. The van der Waals surface area contributed by atoms with Crippen molar-refractivity contribution in [3.63, 3.8) is 0 Å². The number of carbonyl (C=O) groups excluding carboxylic acids is 1. The summed E-state index contributed by atoms with van der Waals surface area (Å²) in [5.74, 6) is -0.942. The van der Waals surface area contributed by atoms with Gasteiger partial charge in [0.25, 0.3) is 0 Å². The van der Waals surface area contributed by atoms with Crippen LogP contribution in [0.25, 0.3) is 0 Å². The molecular weight excluding hydrogens is 287 g/mol. The summed E-state index contributed by atoms with van der Waals surface area (Å²) in [5.41, 5.74) is 0.504. The lowest BCUT2D eigenvalue weighted by atomic mass is 10.2. The summed E-state index contributed by atoms with van der Waals surface area (Å²) in [6.45, 7) is 0. The molecule has 19 heavy (non-hydrogen) atoms. The minimum absolute atomic E-state index is 0.0991. The second-order valence-electron chi connectivity index (χ2n) is 3.85. The Morgan fingerprint density at radius 2 is 1.84 bits per heavy atom. The van der Waals surface area contributed by atoms with Gasteiger partial charge < -0.3 is 0 Å². The number of hydrogen-bond donors (Lipinski definition) is 0. The zero-order valence-electron chi connectivity index (χ0n) is 9.81. The van der Waals surface area contributed by atoms with Crippen LogP contribution in [-0.4, -0.2) is 15.7 Å². The topological polar surface area (TPSA) is 34.1 Å². The summed E-state index contributed by atoms with van der Waals surface area (Å²) in [7, 11) is -1.53. The molecule has 0 N–H and O–H groups in total. The van der Waals surface area contributed by atoms with Crippen LogP contribution in [0.3, 0.4) is 0 Å². The van der Waals surface area contributed by atoms with Gasteiger partial charge >= 0.3 is 0 Å². The van der Waals surface area contributed by atoms with Crippen LogP contribution in [0.2, 0.25) is 5.02 Å². The van der Waals surface area contributed by atoms with Gasteiger partial charge in [-0.1, -0.05) is 41.9 Å². The minimum Gasteiger partial charge on any atom is -0.293 e. The molecule has 98 valence electrons. The molecule has 0 heterocycles. The fourth-order valence-electron chi connectivity index (χ4n) is 1.53. The van der Waals surface area contributed by atoms with Crippen molar-refractivity contribution in [2.24, 2.45) is 0 Å². The molecule has 0 fully saturated rings.